The van der Waals surface area contributed by atoms with E-state index in [-0.39, 0.29) is 0 Å². The van der Waals surface area contributed by atoms with Crippen LogP contribution in [-0.2, 0) is 6.42 Å². The molecular weight excluding hydrogens is 258 g/mol. The zero-order valence-electron chi connectivity index (χ0n) is 11.1. The van der Waals surface area contributed by atoms with Crippen LogP contribution in [0.3, 0.4) is 0 Å². The van der Waals surface area contributed by atoms with Crippen molar-refractivity contribution < 1.29 is 0 Å². The molecule has 1 fully saturated rings. The van der Waals surface area contributed by atoms with Crippen LogP contribution in [0, 0.1) is 0 Å². The first-order chi connectivity index (χ1) is 9.31. The van der Waals surface area contributed by atoms with E-state index in [0.717, 1.165) is 34.8 Å². The topological polar surface area (TPSA) is 40.7 Å². The number of rotatable bonds is 4. The van der Waals surface area contributed by atoms with Crippen LogP contribution < -0.4 is 5.32 Å². The van der Waals surface area contributed by atoms with Crippen molar-refractivity contribution in [2.45, 2.75) is 44.6 Å². The Morgan fingerprint density at radius 3 is 2.95 bits per heavy atom. The highest BCUT2D eigenvalue weighted by Crippen LogP contribution is 2.18. The van der Waals surface area contributed by atoms with Crippen LogP contribution >= 0.6 is 11.6 Å². The predicted molar refractivity (Wildman–Crippen MR) is 79.7 cm³/mol. The van der Waals surface area contributed by atoms with Gasteiger partial charge in [-0.3, -0.25) is 0 Å². The Kier molecular flexibility index (Phi) is 4.04. The highest BCUT2D eigenvalue weighted by atomic mass is 35.5. The standard InChI is InChI=1S/C15H20ClN3/c16-11-6-7-13-14(10-11)19-15(18-13)8-9-17-12-4-2-1-3-5-12/h6-7,10,12,17H,1-5,8-9H2,(H,18,19). The molecule has 1 aromatic carbocycles. The van der Waals surface area contributed by atoms with Crippen molar-refractivity contribution in [1.29, 1.82) is 0 Å². The number of benzene rings is 1. The molecule has 1 aliphatic rings. The lowest BCUT2D eigenvalue weighted by Crippen LogP contribution is -2.32. The van der Waals surface area contributed by atoms with Crippen molar-refractivity contribution in [2.75, 3.05) is 6.54 Å². The summed E-state index contributed by atoms with van der Waals surface area (Å²) >= 11 is 5.97. The third-order valence-corrected chi connectivity index (χ3v) is 4.13. The van der Waals surface area contributed by atoms with Gasteiger partial charge in [-0.25, -0.2) is 4.98 Å². The maximum absolute atomic E-state index is 5.97. The molecule has 4 heteroatoms. The van der Waals surface area contributed by atoms with Crippen LogP contribution in [-0.4, -0.2) is 22.6 Å². The Balaban J connectivity index is 1.56. The Morgan fingerprint density at radius 1 is 1.26 bits per heavy atom. The number of aromatic nitrogens is 2. The van der Waals surface area contributed by atoms with E-state index in [1.807, 2.05) is 18.2 Å². The molecule has 102 valence electrons. The molecule has 1 saturated carbocycles. The number of nitrogens with one attached hydrogen (secondary N) is 2. The van der Waals surface area contributed by atoms with E-state index in [4.69, 9.17) is 11.6 Å². The van der Waals surface area contributed by atoms with Crippen molar-refractivity contribution in [3.8, 4) is 0 Å². The molecule has 19 heavy (non-hydrogen) atoms. The van der Waals surface area contributed by atoms with Gasteiger partial charge in [-0.15, -0.1) is 0 Å². The zero-order chi connectivity index (χ0) is 13.1. The quantitative estimate of drug-likeness (QED) is 0.895. The van der Waals surface area contributed by atoms with Gasteiger partial charge >= 0.3 is 0 Å². The number of fused-ring (bicyclic) bond motifs is 1. The summed E-state index contributed by atoms with van der Waals surface area (Å²) in [6, 6.07) is 6.50. The molecule has 0 spiro atoms. The third-order valence-electron chi connectivity index (χ3n) is 3.89. The summed E-state index contributed by atoms with van der Waals surface area (Å²) < 4.78 is 0. The van der Waals surface area contributed by atoms with Crippen molar-refractivity contribution in [3.05, 3.63) is 29.0 Å². The fourth-order valence-corrected chi connectivity index (χ4v) is 3.03. The monoisotopic (exact) mass is 277 g/mol. The summed E-state index contributed by atoms with van der Waals surface area (Å²) in [6.45, 7) is 0.998. The van der Waals surface area contributed by atoms with Gasteiger partial charge in [-0.1, -0.05) is 30.9 Å². The number of nitrogens with zero attached hydrogens (tertiary/aromatic N) is 1. The summed E-state index contributed by atoms with van der Waals surface area (Å²) in [7, 11) is 0. The third kappa shape index (κ3) is 3.28. The molecule has 1 aliphatic carbocycles. The maximum atomic E-state index is 5.97. The Morgan fingerprint density at radius 2 is 2.11 bits per heavy atom. The molecule has 0 saturated heterocycles. The first-order valence-electron chi connectivity index (χ1n) is 7.19. The van der Waals surface area contributed by atoms with E-state index in [2.05, 4.69) is 15.3 Å². The molecule has 0 amide bonds. The van der Waals surface area contributed by atoms with Crippen LogP contribution in [0.25, 0.3) is 11.0 Å². The normalized spacial score (nSPS) is 17.1. The second-order valence-corrected chi connectivity index (χ2v) is 5.82. The van der Waals surface area contributed by atoms with Gasteiger partial charge in [0.1, 0.15) is 5.82 Å². The Bertz CT molecular complexity index is 543. The summed E-state index contributed by atoms with van der Waals surface area (Å²) in [5, 5.41) is 4.39. The smallest absolute Gasteiger partial charge is 0.108 e. The number of hydrogen-bond donors (Lipinski definition) is 2. The lowest BCUT2D eigenvalue weighted by molar-refractivity contribution is 0.375. The summed E-state index contributed by atoms with van der Waals surface area (Å²) in [4.78, 5) is 7.92. The molecule has 0 unspecified atom stereocenters. The van der Waals surface area contributed by atoms with Gasteiger partial charge in [-0.2, -0.15) is 0 Å². The minimum atomic E-state index is 0.715. The van der Waals surface area contributed by atoms with Gasteiger partial charge in [0.2, 0.25) is 0 Å². The molecule has 3 nitrogen and oxygen atoms in total. The Labute approximate surface area is 118 Å². The van der Waals surface area contributed by atoms with Crippen LogP contribution in [0.1, 0.15) is 37.9 Å². The molecule has 0 atom stereocenters. The van der Waals surface area contributed by atoms with Gasteiger partial charge in [0, 0.05) is 24.0 Å². The van der Waals surface area contributed by atoms with Crippen molar-refractivity contribution >= 4 is 22.6 Å². The molecule has 0 radical (unpaired) electrons. The minimum absolute atomic E-state index is 0.715. The van der Waals surface area contributed by atoms with E-state index in [1.54, 1.807) is 0 Å². The van der Waals surface area contributed by atoms with Gasteiger partial charge in [0.05, 0.1) is 11.0 Å². The molecule has 2 aromatic rings. The molecule has 0 aliphatic heterocycles. The first-order valence-corrected chi connectivity index (χ1v) is 7.56. The minimum Gasteiger partial charge on any atom is -0.342 e. The lowest BCUT2D eigenvalue weighted by atomic mass is 9.95. The summed E-state index contributed by atoms with van der Waals surface area (Å²) in [5.41, 5.74) is 2.03. The molecule has 2 N–H and O–H groups in total. The summed E-state index contributed by atoms with van der Waals surface area (Å²) in [6.07, 6.45) is 7.76. The van der Waals surface area contributed by atoms with E-state index in [1.165, 1.54) is 32.1 Å². The van der Waals surface area contributed by atoms with E-state index in [0.29, 0.717) is 6.04 Å². The van der Waals surface area contributed by atoms with Gasteiger partial charge in [-0.05, 0) is 31.0 Å². The summed E-state index contributed by atoms with van der Waals surface area (Å²) in [5.74, 6) is 1.04. The van der Waals surface area contributed by atoms with Crippen LogP contribution in [0.15, 0.2) is 18.2 Å². The predicted octanol–water partition coefficient (Wildman–Crippen LogP) is 3.68. The second-order valence-electron chi connectivity index (χ2n) is 5.38. The SMILES string of the molecule is Clc1ccc2nc(CCNC3CCCCC3)[nH]c2c1. The number of halogens is 1. The van der Waals surface area contributed by atoms with Crippen LogP contribution in [0.2, 0.25) is 5.02 Å². The van der Waals surface area contributed by atoms with Gasteiger partial charge in [0.25, 0.3) is 0 Å². The fraction of sp³-hybridized carbons (Fsp3) is 0.533. The second kappa shape index (κ2) is 5.93. The van der Waals surface area contributed by atoms with Crippen LogP contribution in [0.5, 0.6) is 0 Å². The van der Waals surface area contributed by atoms with Gasteiger partial charge < -0.3 is 10.3 Å². The molecule has 1 heterocycles. The van der Waals surface area contributed by atoms with Crippen LogP contribution in [0.4, 0.5) is 0 Å². The highest BCUT2D eigenvalue weighted by molar-refractivity contribution is 6.31. The number of imidazole rings is 1. The largest absolute Gasteiger partial charge is 0.342 e. The molecule has 1 aromatic heterocycles. The average Bonchev–Trinajstić information content (AvgIpc) is 2.82. The maximum Gasteiger partial charge on any atom is 0.108 e. The van der Waals surface area contributed by atoms with Crippen molar-refractivity contribution in [3.63, 3.8) is 0 Å². The molecule has 0 bridgehead atoms. The number of hydrogen-bond acceptors (Lipinski definition) is 2. The van der Waals surface area contributed by atoms with E-state index in [9.17, 15) is 0 Å². The molecular formula is C15H20ClN3. The van der Waals surface area contributed by atoms with Crippen molar-refractivity contribution in [2.24, 2.45) is 0 Å². The number of H-pyrrole nitrogens is 1. The lowest BCUT2D eigenvalue weighted by Gasteiger charge is -2.22. The van der Waals surface area contributed by atoms with Crippen molar-refractivity contribution in [1.82, 2.24) is 15.3 Å². The fourth-order valence-electron chi connectivity index (χ4n) is 2.85. The first kappa shape index (κ1) is 12.9. The number of aromatic amines is 1. The molecule has 3 rings (SSSR count). The Hall–Kier alpha value is -1.06. The van der Waals surface area contributed by atoms with Gasteiger partial charge in [0.15, 0.2) is 0 Å². The average molecular weight is 278 g/mol. The van der Waals surface area contributed by atoms with E-state index >= 15 is 0 Å². The highest BCUT2D eigenvalue weighted by Gasteiger charge is 2.12. The van der Waals surface area contributed by atoms with E-state index < -0.39 is 0 Å². The zero-order valence-corrected chi connectivity index (χ0v) is 11.8.